The van der Waals surface area contributed by atoms with Crippen LogP contribution in [0, 0.1) is 13.8 Å². The second-order valence-electron chi connectivity index (χ2n) is 8.35. The smallest absolute Gasteiger partial charge is 0.256 e. The Morgan fingerprint density at radius 1 is 1.32 bits per heavy atom. The number of anilines is 1. The highest BCUT2D eigenvalue weighted by Crippen LogP contribution is 2.34. The molecule has 162 valence electrons. The summed E-state index contributed by atoms with van der Waals surface area (Å²) in [5, 5.41) is 2.91. The number of hydrogen-bond donors (Lipinski definition) is 1. The van der Waals surface area contributed by atoms with Crippen molar-refractivity contribution in [2.24, 2.45) is 12.0 Å². The standard InChI is InChI=1S/C24H28N4O3/c1-15-8-19-12-25-21-11-22(16(2)9-20(21)24(30)28(19)13-15)31-7-5-6-23(29)26-18-10-17(3)27(4)14-18/h9-12,14,19H,1,5-8,13H2,2-4H3,(H,26,29)/t19-/m1/s1. The molecule has 1 fully saturated rings. The van der Waals surface area contributed by atoms with Gasteiger partial charge in [-0.2, -0.15) is 0 Å². The van der Waals surface area contributed by atoms with E-state index in [0.29, 0.717) is 43.0 Å². The number of aliphatic imine (C=N–C) groups is 1. The van der Waals surface area contributed by atoms with Gasteiger partial charge in [-0.15, -0.1) is 0 Å². The summed E-state index contributed by atoms with van der Waals surface area (Å²) < 4.78 is 7.88. The zero-order valence-corrected chi connectivity index (χ0v) is 18.3. The maximum atomic E-state index is 13.0. The molecular formula is C24H28N4O3. The molecule has 0 radical (unpaired) electrons. The summed E-state index contributed by atoms with van der Waals surface area (Å²) in [6.45, 7) is 8.91. The predicted molar refractivity (Wildman–Crippen MR) is 121 cm³/mol. The van der Waals surface area contributed by atoms with Gasteiger partial charge in [0.1, 0.15) is 5.75 Å². The van der Waals surface area contributed by atoms with E-state index in [1.807, 2.05) is 61.0 Å². The fraction of sp³-hybridized carbons (Fsp3) is 0.375. The maximum absolute atomic E-state index is 13.0. The Hall–Kier alpha value is -3.35. The number of aryl methyl sites for hydroxylation is 3. The van der Waals surface area contributed by atoms with Crippen LogP contribution in [0.5, 0.6) is 5.75 Å². The van der Waals surface area contributed by atoms with E-state index in [2.05, 4.69) is 16.9 Å². The van der Waals surface area contributed by atoms with Crippen LogP contribution < -0.4 is 10.1 Å². The third-order valence-electron chi connectivity index (χ3n) is 5.81. The number of benzene rings is 1. The van der Waals surface area contributed by atoms with E-state index in [9.17, 15) is 9.59 Å². The molecule has 2 aliphatic rings. The number of nitrogens with zero attached hydrogens (tertiary/aromatic N) is 3. The van der Waals surface area contributed by atoms with Gasteiger partial charge in [-0.3, -0.25) is 14.6 Å². The van der Waals surface area contributed by atoms with Gasteiger partial charge < -0.3 is 19.5 Å². The molecule has 1 N–H and O–H groups in total. The summed E-state index contributed by atoms with van der Waals surface area (Å²) in [5.74, 6) is 0.637. The van der Waals surface area contributed by atoms with Crippen molar-refractivity contribution in [1.82, 2.24) is 9.47 Å². The van der Waals surface area contributed by atoms with Gasteiger partial charge in [0.15, 0.2) is 0 Å². The quantitative estimate of drug-likeness (QED) is 0.568. The Balaban J connectivity index is 1.35. The van der Waals surface area contributed by atoms with Gasteiger partial charge in [-0.05, 0) is 44.4 Å². The molecule has 4 rings (SSSR count). The van der Waals surface area contributed by atoms with Crippen molar-refractivity contribution < 1.29 is 14.3 Å². The van der Waals surface area contributed by atoms with Crippen LogP contribution >= 0.6 is 0 Å². The average molecular weight is 421 g/mol. The van der Waals surface area contributed by atoms with Crippen molar-refractivity contribution in [1.29, 1.82) is 0 Å². The van der Waals surface area contributed by atoms with Gasteiger partial charge in [0.2, 0.25) is 5.91 Å². The lowest BCUT2D eigenvalue weighted by molar-refractivity contribution is -0.116. The number of aromatic nitrogens is 1. The molecule has 7 nitrogen and oxygen atoms in total. The van der Waals surface area contributed by atoms with E-state index in [1.165, 1.54) is 0 Å². The fourth-order valence-corrected chi connectivity index (χ4v) is 4.00. The lowest BCUT2D eigenvalue weighted by atomic mass is 10.1. The molecule has 0 bridgehead atoms. The number of rotatable bonds is 6. The lowest BCUT2D eigenvalue weighted by Gasteiger charge is -2.20. The molecular weight excluding hydrogens is 392 g/mol. The van der Waals surface area contributed by atoms with Crippen molar-refractivity contribution in [3.8, 4) is 5.75 Å². The number of fused-ring (bicyclic) bond motifs is 2. The molecule has 2 aliphatic heterocycles. The van der Waals surface area contributed by atoms with E-state index in [-0.39, 0.29) is 17.9 Å². The van der Waals surface area contributed by atoms with Crippen LogP contribution in [-0.4, -0.2) is 46.7 Å². The van der Waals surface area contributed by atoms with Crippen LogP contribution in [0.25, 0.3) is 0 Å². The van der Waals surface area contributed by atoms with E-state index < -0.39 is 0 Å². The van der Waals surface area contributed by atoms with Gasteiger partial charge in [0.05, 0.1) is 29.6 Å². The number of ether oxygens (including phenoxy) is 1. The van der Waals surface area contributed by atoms with E-state index >= 15 is 0 Å². The number of hydrogen-bond acceptors (Lipinski definition) is 4. The molecule has 0 unspecified atom stereocenters. The molecule has 7 heteroatoms. The molecule has 0 aliphatic carbocycles. The van der Waals surface area contributed by atoms with Crippen LogP contribution in [0.4, 0.5) is 11.4 Å². The first-order chi connectivity index (χ1) is 14.8. The highest BCUT2D eigenvalue weighted by molar-refractivity contribution is 6.03. The van der Waals surface area contributed by atoms with Crippen molar-refractivity contribution in [3.63, 3.8) is 0 Å². The predicted octanol–water partition coefficient (Wildman–Crippen LogP) is 3.93. The minimum Gasteiger partial charge on any atom is -0.493 e. The molecule has 1 aromatic carbocycles. The Labute approximate surface area is 182 Å². The molecule has 2 amide bonds. The summed E-state index contributed by atoms with van der Waals surface area (Å²) in [6.07, 6.45) is 5.45. The van der Waals surface area contributed by atoms with Crippen LogP contribution in [0.2, 0.25) is 0 Å². The Bertz CT molecular complexity index is 1060. The first-order valence-electron chi connectivity index (χ1n) is 10.5. The summed E-state index contributed by atoms with van der Waals surface area (Å²) in [5.41, 5.74) is 5.04. The van der Waals surface area contributed by atoms with Gasteiger partial charge >= 0.3 is 0 Å². The molecule has 2 aromatic rings. The van der Waals surface area contributed by atoms with Crippen molar-refractivity contribution in [2.45, 2.75) is 39.2 Å². The third-order valence-corrected chi connectivity index (χ3v) is 5.81. The van der Waals surface area contributed by atoms with Gasteiger partial charge in [-0.25, -0.2) is 0 Å². The SMILES string of the molecule is C=C1C[C@@H]2C=Nc3cc(OCCCC(=O)Nc4cc(C)n(C)c4)c(C)cc3C(=O)N2C1. The maximum Gasteiger partial charge on any atom is 0.256 e. The number of carbonyl (C=O) groups excluding carboxylic acids is 2. The van der Waals surface area contributed by atoms with E-state index in [0.717, 1.165) is 28.9 Å². The molecule has 31 heavy (non-hydrogen) atoms. The molecule has 1 aromatic heterocycles. The Morgan fingerprint density at radius 2 is 2.13 bits per heavy atom. The Morgan fingerprint density at radius 3 is 2.87 bits per heavy atom. The summed E-state index contributed by atoms with van der Waals surface area (Å²) in [6, 6.07) is 5.58. The van der Waals surface area contributed by atoms with Crippen LogP contribution in [0.1, 0.15) is 40.9 Å². The second kappa shape index (κ2) is 8.41. The van der Waals surface area contributed by atoms with Crippen LogP contribution in [0.3, 0.4) is 0 Å². The first-order valence-corrected chi connectivity index (χ1v) is 10.5. The summed E-state index contributed by atoms with van der Waals surface area (Å²) in [7, 11) is 1.94. The van der Waals surface area contributed by atoms with Crippen LogP contribution in [0.15, 0.2) is 41.5 Å². The summed E-state index contributed by atoms with van der Waals surface area (Å²) >= 11 is 0. The molecule has 3 heterocycles. The molecule has 0 spiro atoms. The van der Waals surface area contributed by atoms with E-state index in [1.54, 1.807) is 0 Å². The zero-order valence-electron chi connectivity index (χ0n) is 18.3. The molecule has 1 atom stereocenters. The van der Waals surface area contributed by atoms with Crippen molar-refractivity contribution in [3.05, 3.63) is 53.4 Å². The molecule has 0 saturated carbocycles. The Kier molecular flexibility index (Phi) is 5.67. The zero-order chi connectivity index (χ0) is 22.1. The van der Waals surface area contributed by atoms with E-state index in [4.69, 9.17) is 4.74 Å². The number of nitrogens with one attached hydrogen (secondary N) is 1. The normalized spacial score (nSPS) is 17.4. The van der Waals surface area contributed by atoms with Gasteiger partial charge in [0, 0.05) is 44.2 Å². The molecule has 1 saturated heterocycles. The number of amides is 2. The minimum atomic E-state index is -0.0368. The average Bonchev–Trinajstić information content (AvgIpc) is 3.21. The highest BCUT2D eigenvalue weighted by atomic mass is 16.5. The second-order valence-corrected chi connectivity index (χ2v) is 8.35. The lowest BCUT2D eigenvalue weighted by Crippen LogP contribution is -2.35. The van der Waals surface area contributed by atoms with Crippen molar-refractivity contribution >= 4 is 29.4 Å². The van der Waals surface area contributed by atoms with Gasteiger partial charge in [-0.1, -0.05) is 12.2 Å². The van der Waals surface area contributed by atoms with Gasteiger partial charge in [0.25, 0.3) is 5.91 Å². The minimum absolute atomic E-state index is 0.0152. The topological polar surface area (TPSA) is 75.9 Å². The highest BCUT2D eigenvalue weighted by Gasteiger charge is 2.33. The largest absolute Gasteiger partial charge is 0.493 e. The number of carbonyl (C=O) groups is 2. The first kappa shape index (κ1) is 20.9. The van der Waals surface area contributed by atoms with Crippen molar-refractivity contribution in [2.75, 3.05) is 18.5 Å². The summed E-state index contributed by atoms with van der Waals surface area (Å²) in [4.78, 5) is 31.5. The third kappa shape index (κ3) is 4.40. The van der Waals surface area contributed by atoms with Crippen LogP contribution in [-0.2, 0) is 11.8 Å². The monoisotopic (exact) mass is 420 g/mol. The fourth-order valence-electron chi connectivity index (χ4n) is 4.00.